The predicted octanol–water partition coefficient (Wildman–Crippen LogP) is 5.75. The van der Waals surface area contributed by atoms with Crippen LogP contribution < -0.4 is 14.8 Å². The van der Waals surface area contributed by atoms with Crippen LogP contribution in [-0.4, -0.2) is 25.1 Å². The molecule has 5 nitrogen and oxygen atoms in total. The van der Waals surface area contributed by atoms with Crippen LogP contribution in [0.4, 0.5) is 5.13 Å². The molecule has 3 aromatic carbocycles. The van der Waals surface area contributed by atoms with Crippen LogP contribution in [0.15, 0.2) is 78.9 Å². The highest BCUT2D eigenvalue weighted by molar-refractivity contribution is 7.19. The lowest BCUT2D eigenvalue weighted by atomic mass is 10.1. The van der Waals surface area contributed by atoms with Gasteiger partial charge in [-0.25, -0.2) is 4.98 Å². The maximum absolute atomic E-state index is 13.1. The SMILES string of the molecule is COc1cccc(OC)c1C(=O)Nc1nc(-c2ccccc2)c(-c2ccccc2)s1. The molecule has 1 amide bonds. The summed E-state index contributed by atoms with van der Waals surface area (Å²) < 4.78 is 10.7. The van der Waals surface area contributed by atoms with Crippen molar-refractivity contribution in [3.63, 3.8) is 0 Å². The summed E-state index contributed by atoms with van der Waals surface area (Å²) in [6.45, 7) is 0. The first-order valence-corrected chi connectivity index (χ1v) is 10.2. The number of aromatic nitrogens is 1. The number of thiazole rings is 1. The Kier molecular flexibility index (Phi) is 5.77. The standard InChI is InChI=1S/C24H20N2O3S/c1-28-18-14-9-15-19(29-2)20(18)23(27)26-24-25-21(16-10-5-3-6-11-16)22(30-24)17-12-7-4-8-13-17/h3-15H,1-2H3,(H,25,26,27). The Bertz CT molecular complexity index is 1080. The Morgan fingerprint density at radius 3 is 1.93 bits per heavy atom. The van der Waals surface area contributed by atoms with E-state index in [2.05, 4.69) is 5.32 Å². The number of anilines is 1. The summed E-state index contributed by atoms with van der Waals surface area (Å²) in [5, 5.41) is 3.42. The van der Waals surface area contributed by atoms with E-state index in [-0.39, 0.29) is 5.91 Å². The lowest BCUT2D eigenvalue weighted by molar-refractivity contribution is 0.102. The average Bonchev–Trinajstić information content (AvgIpc) is 3.23. The number of carbonyl (C=O) groups is 1. The summed E-state index contributed by atoms with van der Waals surface area (Å²) in [7, 11) is 3.05. The van der Waals surface area contributed by atoms with E-state index in [4.69, 9.17) is 14.5 Å². The van der Waals surface area contributed by atoms with E-state index in [1.165, 1.54) is 25.6 Å². The van der Waals surface area contributed by atoms with Crippen LogP contribution in [0.1, 0.15) is 10.4 Å². The molecule has 0 unspecified atom stereocenters. The number of nitrogens with zero attached hydrogens (tertiary/aromatic N) is 1. The van der Waals surface area contributed by atoms with Crippen LogP contribution >= 0.6 is 11.3 Å². The summed E-state index contributed by atoms with van der Waals surface area (Å²) in [5.74, 6) is 0.544. The summed E-state index contributed by atoms with van der Waals surface area (Å²) in [6.07, 6.45) is 0. The van der Waals surface area contributed by atoms with Crippen LogP contribution in [-0.2, 0) is 0 Å². The fourth-order valence-electron chi connectivity index (χ4n) is 3.19. The molecule has 0 saturated carbocycles. The average molecular weight is 417 g/mol. The van der Waals surface area contributed by atoms with E-state index in [0.717, 1.165) is 21.7 Å². The third-order valence-corrected chi connectivity index (χ3v) is 5.61. The zero-order chi connectivity index (χ0) is 20.9. The molecule has 4 rings (SSSR count). The molecular formula is C24H20N2O3S. The Hall–Kier alpha value is -3.64. The van der Waals surface area contributed by atoms with Crippen molar-refractivity contribution in [1.29, 1.82) is 0 Å². The number of benzene rings is 3. The first-order valence-electron chi connectivity index (χ1n) is 9.35. The second kappa shape index (κ2) is 8.80. The van der Waals surface area contributed by atoms with Crippen LogP contribution in [0.5, 0.6) is 11.5 Å². The molecule has 0 aliphatic rings. The van der Waals surface area contributed by atoms with Gasteiger partial charge in [0.25, 0.3) is 5.91 Å². The quantitative estimate of drug-likeness (QED) is 0.435. The van der Waals surface area contributed by atoms with Gasteiger partial charge in [-0.3, -0.25) is 10.1 Å². The Balaban J connectivity index is 1.75. The highest BCUT2D eigenvalue weighted by Gasteiger charge is 2.21. The number of nitrogens with one attached hydrogen (secondary N) is 1. The van der Waals surface area contributed by atoms with Gasteiger partial charge >= 0.3 is 0 Å². The van der Waals surface area contributed by atoms with Crippen LogP contribution in [0, 0.1) is 0 Å². The lowest BCUT2D eigenvalue weighted by Gasteiger charge is -2.11. The van der Waals surface area contributed by atoms with E-state index in [1.54, 1.807) is 18.2 Å². The van der Waals surface area contributed by atoms with Gasteiger partial charge in [-0.1, -0.05) is 78.1 Å². The second-order valence-electron chi connectivity index (χ2n) is 6.42. The number of methoxy groups -OCH3 is 2. The van der Waals surface area contributed by atoms with E-state index in [1.807, 2.05) is 60.7 Å². The summed E-state index contributed by atoms with van der Waals surface area (Å²) in [4.78, 5) is 18.8. The molecule has 30 heavy (non-hydrogen) atoms. The van der Waals surface area contributed by atoms with Gasteiger partial charge in [-0.2, -0.15) is 0 Å². The normalized spacial score (nSPS) is 10.5. The number of ether oxygens (including phenoxy) is 2. The fraction of sp³-hybridized carbons (Fsp3) is 0.0833. The molecular weight excluding hydrogens is 396 g/mol. The van der Waals surface area contributed by atoms with Crippen LogP contribution in [0.2, 0.25) is 0 Å². The molecule has 0 fully saturated rings. The summed E-state index contributed by atoms with van der Waals surface area (Å²) in [5.41, 5.74) is 3.20. The van der Waals surface area contributed by atoms with Gasteiger partial charge < -0.3 is 9.47 Å². The van der Waals surface area contributed by atoms with Crippen molar-refractivity contribution >= 4 is 22.4 Å². The summed E-state index contributed by atoms with van der Waals surface area (Å²) in [6, 6.07) is 25.2. The maximum atomic E-state index is 13.1. The van der Waals surface area contributed by atoms with E-state index < -0.39 is 0 Å². The molecule has 0 aliphatic carbocycles. The van der Waals surface area contributed by atoms with Crippen molar-refractivity contribution < 1.29 is 14.3 Å². The largest absolute Gasteiger partial charge is 0.496 e. The minimum Gasteiger partial charge on any atom is -0.496 e. The van der Waals surface area contributed by atoms with Crippen LogP contribution in [0.25, 0.3) is 21.7 Å². The Morgan fingerprint density at radius 1 is 0.800 bits per heavy atom. The first kappa shape index (κ1) is 19.7. The third kappa shape index (κ3) is 3.90. The van der Waals surface area contributed by atoms with Gasteiger partial charge in [0, 0.05) is 5.56 Å². The molecule has 150 valence electrons. The lowest BCUT2D eigenvalue weighted by Crippen LogP contribution is -2.14. The molecule has 0 bridgehead atoms. The van der Waals surface area contributed by atoms with Gasteiger partial charge in [0.1, 0.15) is 17.1 Å². The number of amides is 1. The van der Waals surface area contributed by atoms with Gasteiger partial charge in [-0.15, -0.1) is 0 Å². The Labute approximate surface area is 178 Å². The number of hydrogen-bond donors (Lipinski definition) is 1. The molecule has 1 N–H and O–H groups in total. The molecule has 4 aromatic rings. The third-order valence-electron chi connectivity index (χ3n) is 4.59. The first-order chi connectivity index (χ1) is 14.7. The molecule has 0 spiro atoms. The molecule has 0 radical (unpaired) electrons. The van der Waals surface area contributed by atoms with E-state index in [0.29, 0.717) is 22.2 Å². The van der Waals surface area contributed by atoms with Gasteiger partial charge in [0.05, 0.1) is 24.8 Å². The van der Waals surface area contributed by atoms with Crippen molar-refractivity contribution in [2.45, 2.75) is 0 Å². The Morgan fingerprint density at radius 2 is 1.37 bits per heavy atom. The summed E-state index contributed by atoms with van der Waals surface area (Å²) >= 11 is 1.43. The topological polar surface area (TPSA) is 60.5 Å². The molecule has 1 heterocycles. The predicted molar refractivity (Wildman–Crippen MR) is 120 cm³/mol. The van der Waals surface area contributed by atoms with Gasteiger partial charge in [-0.05, 0) is 17.7 Å². The fourth-order valence-corrected chi connectivity index (χ4v) is 4.17. The molecule has 0 atom stereocenters. The highest BCUT2D eigenvalue weighted by atomic mass is 32.1. The van der Waals surface area contributed by atoms with E-state index >= 15 is 0 Å². The molecule has 1 aromatic heterocycles. The second-order valence-corrected chi connectivity index (χ2v) is 7.42. The number of carbonyl (C=O) groups excluding carboxylic acids is 1. The number of hydrogen-bond acceptors (Lipinski definition) is 5. The van der Waals surface area contributed by atoms with Crippen molar-refractivity contribution in [2.24, 2.45) is 0 Å². The van der Waals surface area contributed by atoms with Gasteiger partial charge in [0.2, 0.25) is 0 Å². The van der Waals surface area contributed by atoms with E-state index in [9.17, 15) is 4.79 Å². The molecule has 0 aliphatic heterocycles. The van der Waals surface area contributed by atoms with Gasteiger partial charge in [0.15, 0.2) is 5.13 Å². The minimum atomic E-state index is -0.336. The molecule has 6 heteroatoms. The van der Waals surface area contributed by atoms with Crippen molar-refractivity contribution in [2.75, 3.05) is 19.5 Å². The van der Waals surface area contributed by atoms with Crippen molar-refractivity contribution in [3.05, 3.63) is 84.4 Å². The van der Waals surface area contributed by atoms with Crippen molar-refractivity contribution in [3.8, 4) is 33.2 Å². The zero-order valence-corrected chi connectivity index (χ0v) is 17.4. The van der Waals surface area contributed by atoms with Crippen molar-refractivity contribution in [1.82, 2.24) is 4.98 Å². The number of rotatable bonds is 6. The monoisotopic (exact) mass is 416 g/mol. The minimum absolute atomic E-state index is 0.334. The molecule has 0 saturated heterocycles. The zero-order valence-electron chi connectivity index (χ0n) is 16.6. The highest BCUT2D eigenvalue weighted by Crippen LogP contribution is 2.39. The smallest absolute Gasteiger partial charge is 0.265 e. The maximum Gasteiger partial charge on any atom is 0.265 e. The van der Waals surface area contributed by atoms with Crippen LogP contribution in [0.3, 0.4) is 0 Å².